The van der Waals surface area contributed by atoms with Crippen LogP contribution in [-0.2, 0) is 4.79 Å². The van der Waals surface area contributed by atoms with Crippen LogP contribution in [0, 0.1) is 18.8 Å². The van der Waals surface area contributed by atoms with Crippen molar-refractivity contribution in [2.24, 2.45) is 17.6 Å². The number of hydrogen-bond acceptors (Lipinski definition) is 5. The van der Waals surface area contributed by atoms with E-state index in [1.165, 1.54) is 0 Å². The van der Waals surface area contributed by atoms with Gasteiger partial charge in [-0.05, 0) is 49.4 Å². The van der Waals surface area contributed by atoms with E-state index < -0.39 is 5.91 Å². The van der Waals surface area contributed by atoms with Crippen molar-refractivity contribution in [1.82, 2.24) is 9.97 Å². The summed E-state index contributed by atoms with van der Waals surface area (Å²) >= 11 is 0. The molecule has 7 heteroatoms. The Balaban J connectivity index is 1.82. The van der Waals surface area contributed by atoms with Gasteiger partial charge in [0.05, 0.1) is 24.1 Å². The lowest BCUT2D eigenvalue weighted by atomic mass is 9.79. The molecule has 7 nitrogen and oxygen atoms in total. The Morgan fingerprint density at radius 3 is 2.54 bits per heavy atom. The number of rotatable bonds is 4. The number of hydrogen-bond donors (Lipinski definition) is 2. The van der Waals surface area contributed by atoms with Gasteiger partial charge in [0.2, 0.25) is 11.8 Å². The Labute approximate surface area is 164 Å². The Bertz CT molecular complexity index is 923. The van der Waals surface area contributed by atoms with Crippen molar-refractivity contribution in [3.8, 4) is 0 Å². The highest BCUT2D eigenvalue weighted by atomic mass is 16.2. The number of aromatic nitrogens is 2. The molecule has 1 aliphatic heterocycles. The molecule has 4 rings (SSSR count). The molecule has 0 unspecified atom stereocenters. The predicted octanol–water partition coefficient (Wildman–Crippen LogP) is 2.82. The Morgan fingerprint density at radius 1 is 1.21 bits per heavy atom. The quantitative estimate of drug-likeness (QED) is 0.851. The van der Waals surface area contributed by atoms with Crippen molar-refractivity contribution in [3.05, 3.63) is 47.4 Å². The molecule has 1 aliphatic carbocycles. The number of carbonyl (C=O) groups excluding carboxylic acids is 2. The highest BCUT2D eigenvalue weighted by Crippen LogP contribution is 2.50. The number of nitrogens with two attached hydrogens (primary N) is 1. The zero-order chi connectivity index (χ0) is 20.0. The van der Waals surface area contributed by atoms with Gasteiger partial charge in [-0.2, -0.15) is 0 Å². The van der Waals surface area contributed by atoms with E-state index in [1.807, 2.05) is 17.9 Å². The summed E-state index contributed by atoms with van der Waals surface area (Å²) < 4.78 is 0. The van der Waals surface area contributed by atoms with Crippen molar-refractivity contribution in [2.45, 2.75) is 45.7 Å². The lowest BCUT2D eigenvalue weighted by molar-refractivity contribution is -0.117. The van der Waals surface area contributed by atoms with Crippen molar-refractivity contribution in [2.75, 3.05) is 10.2 Å². The third-order valence-electron chi connectivity index (χ3n) is 5.80. The molecule has 1 aromatic heterocycles. The molecule has 3 atom stereocenters. The lowest BCUT2D eigenvalue weighted by Gasteiger charge is -2.46. The molecule has 146 valence electrons. The molecule has 2 heterocycles. The fourth-order valence-corrected chi connectivity index (χ4v) is 4.35. The number of fused-ring (bicyclic) bond motifs is 1. The molecule has 0 saturated heterocycles. The van der Waals surface area contributed by atoms with E-state index in [0.717, 1.165) is 29.8 Å². The van der Waals surface area contributed by atoms with Gasteiger partial charge in [-0.1, -0.05) is 6.92 Å². The number of nitrogens with one attached hydrogen (secondary N) is 1. The molecule has 0 bridgehead atoms. The van der Waals surface area contributed by atoms with Gasteiger partial charge in [-0.25, -0.2) is 4.98 Å². The highest BCUT2D eigenvalue weighted by molar-refractivity contribution is 5.97. The first-order chi connectivity index (χ1) is 13.4. The van der Waals surface area contributed by atoms with Crippen molar-refractivity contribution < 1.29 is 9.59 Å². The molecule has 2 aromatic rings. The van der Waals surface area contributed by atoms with E-state index in [4.69, 9.17) is 5.73 Å². The average molecular weight is 379 g/mol. The van der Waals surface area contributed by atoms with Gasteiger partial charge in [0.1, 0.15) is 5.82 Å². The number of benzene rings is 1. The number of aryl methyl sites for hydroxylation is 1. The second-order valence-corrected chi connectivity index (χ2v) is 7.88. The maximum atomic E-state index is 12.6. The summed E-state index contributed by atoms with van der Waals surface area (Å²) in [7, 11) is 0. The van der Waals surface area contributed by atoms with Crippen LogP contribution in [0.15, 0.2) is 30.6 Å². The van der Waals surface area contributed by atoms with E-state index in [9.17, 15) is 9.59 Å². The van der Waals surface area contributed by atoms with E-state index in [2.05, 4.69) is 22.2 Å². The first-order valence-corrected chi connectivity index (χ1v) is 9.65. The molecule has 0 radical (unpaired) electrons. The molecule has 1 saturated carbocycles. The Kier molecular flexibility index (Phi) is 4.53. The fourth-order valence-electron chi connectivity index (χ4n) is 4.35. The molecule has 0 spiro atoms. The maximum Gasteiger partial charge on any atom is 0.248 e. The van der Waals surface area contributed by atoms with E-state index in [-0.39, 0.29) is 23.9 Å². The number of primary amides is 1. The first kappa shape index (κ1) is 18.4. The van der Waals surface area contributed by atoms with Gasteiger partial charge in [-0.3, -0.25) is 14.6 Å². The van der Waals surface area contributed by atoms with Crippen molar-refractivity contribution in [3.63, 3.8) is 0 Å². The topological polar surface area (TPSA) is 101 Å². The monoisotopic (exact) mass is 379 g/mol. The van der Waals surface area contributed by atoms with Gasteiger partial charge in [0.25, 0.3) is 0 Å². The van der Waals surface area contributed by atoms with Crippen LogP contribution in [0.5, 0.6) is 0 Å². The summed E-state index contributed by atoms with van der Waals surface area (Å²) in [6, 6.07) is 5.34. The molecular weight excluding hydrogens is 354 g/mol. The van der Waals surface area contributed by atoms with Gasteiger partial charge < -0.3 is 16.0 Å². The molecule has 2 aliphatic rings. The van der Waals surface area contributed by atoms with Gasteiger partial charge in [0, 0.05) is 30.1 Å². The molecule has 28 heavy (non-hydrogen) atoms. The largest absolute Gasteiger partial charge is 0.366 e. The number of carbonyl (C=O) groups is 2. The van der Waals surface area contributed by atoms with Gasteiger partial charge in [-0.15, -0.1) is 0 Å². The van der Waals surface area contributed by atoms with Crippen LogP contribution in [0.2, 0.25) is 0 Å². The third-order valence-corrected chi connectivity index (χ3v) is 5.80. The number of amides is 2. The molecule has 3 N–H and O–H groups in total. The SMILES string of the molecule is CC(=O)N1c2ccc(C(N)=O)cc2[C@H](Nc2cnc(C)cn2)[C@@H](C)[C@@H]1C1CC1. The zero-order valence-corrected chi connectivity index (χ0v) is 16.3. The Morgan fingerprint density at radius 2 is 1.96 bits per heavy atom. The van der Waals surface area contributed by atoms with Crippen molar-refractivity contribution >= 4 is 23.3 Å². The van der Waals surface area contributed by atoms with Gasteiger partial charge in [0.15, 0.2) is 0 Å². The predicted molar refractivity (Wildman–Crippen MR) is 107 cm³/mol. The summed E-state index contributed by atoms with van der Waals surface area (Å²) in [5.41, 5.74) is 8.52. The van der Waals surface area contributed by atoms with Crippen LogP contribution in [0.4, 0.5) is 11.5 Å². The minimum absolute atomic E-state index is 0.0189. The van der Waals surface area contributed by atoms with Crippen molar-refractivity contribution in [1.29, 1.82) is 0 Å². The molecule has 2 amide bonds. The van der Waals surface area contributed by atoms with Gasteiger partial charge >= 0.3 is 0 Å². The van der Waals surface area contributed by atoms with E-state index in [1.54, 1.807) is 31.5 Å². The second kappa shape index (κ2) is 6.89. The summed E-state index contributed by atoms with van der Waals surface area (Å²) in [6.45, 7) is 5.65. The van der Waals surface area contributed by atoms with Crippen LogP contribution in [0.3, 0.4) is 0 Å². The van der Waals surface area contributed by atoms with Crippen LogP contribution >= 0.6 is 0 Å². The first-order valence-electron chi connectivity index (χ1n) is 9.65. The molecular formula is C21H25N5O2. The average Bonchev–Trinajstić information content (AvgIpc) is 3.49. The van der Waals surface area contributed by atoms with E-state index in [0.29, 0.717) is 17.3 Å². The van der Waals surface area contributed by atoms with Crippen LogP contribution in [0.1, 0.15) is 54.3 Å². The smallest absolute Gasteiger partial charge is 0.248 e. The second-order valence-electron chi connectivity index (χ2n) is 7.88. The fraction of sp³-hybridized carbons (Fsp3) is 0.429. The Hall–Kier alpha value is -2.96. The normalized spacial score (nSPS) is 23.8. The van der Waals surface area contributed by atoms with Crippen LogP contribution in [-0.4, -0.2) is 27.8 Å². The summed E-state index contributed by atoms with van der Waals surface area (Å²) in [6.07, 6.45) is 5.69. The van der Waals surface area contributed by atoms with E-state index >= 15 is 0 Å². The molecule has 1 aromatic carbocycles. The summed E-state index contributed by atoms with van der Waals surface area (Å²) in [4.78, 5) is 35.0. The van der Waals surface area contributed by atoms with Crippen LogP contribution in [0.25, 0.3) is 0 Å². The lowest BCUT2D eigenvalue weighted by Crippen LogP contribution is -2.51. The highest BCUT2D eigenvalue weighted by Gasteiger charge is 2.47. The zero-order valence-electron chi connectivity index (χ0n) is 16.3. The minimum atomic E-state index is -0.483. The van der Waals surface area contributed by atoms with Crippen LogP contribution < -0.4 is 16.0 Å². The summed E-state index contributed by atoms with van der Waals surface area (Å²) in [5.74, 6) is 0.837. The number of anilines is 2. The maximum absolute atomic E-state index is 12.6. The minimum Gasteiger partial charge on any atom is -0.366 e. The molecule has 1 fully saturated rings. The number of nitrogens with zero attached hydrogens (tertiary/aromatic N) is 3. The third kappa shape index (κ3) is 3.21. The summed E-state index contributed by atoms with van der Waals surface area (Å²) in [5, 5.41) is 3.49. The standard InChI is InChI=1S/C21H25N5O2/c1-11-9-24-18(10-23-11)25-19-12(2)20(14-4-5-14)26(13(3)27)17-7-6-15(21(22)28)8-16(17)19/h6-10,12,14,19-20H,4-5H2,1-3H3,(H2,22,28)(H,24,25)/t12-,19-,20-/m1/s1.